The van der Waals surface area contributed by atoms with Gasteiger partial charge in [-0.05, 0) is 19.9 Å². The Morgan fingerprint density at radius 1 is 1.11 bits per heavy atom. The van der Waals surface area contributed by atoms with Crippen LogP contribution in [0.4, 0.5) is 5.95 Å². The molecule has 0 radical (unpaired) electrons. The molecule has 0 saturated heterocycles. The lowest BCUT2D eigenvalue weighted by molar-refractivity contribution is 0.800. The fourth-order valence-corrected chi connectivity index (χ4v) is 2.44. The minimum absolute atomic E-state index is 0.698. The van der Waals surface area contributed by atoms with Gasteiger partial charge in [0.05, 0.1) is 5.52 Å². The molecule has 1 aromatic carbocycles. The van der Waals surface area contributed by atoms with E-state index < -0.39 is 0 Å². The van der Waals surface area contributed by atoms with Crippen molar-refractivity contribution in [1.82, 2.24) is 19.7 Å². The molecule has 3 rings (SSSR count). The monoisotopic (exact) mass is 255 g/mol. The van der Waals surface area contributed by atoms with Crippen molar-refractivity contribution >= 4 is 28.0 Å². The molecular weight excluding hydrogens is 238 g/mol. The van der Waals surface area contributed by atoms with Gasteiger partial charge in [-0.15, -0.1) is 10.2 Å². The van der Waals surface area contributed by atoms with Crippen molar-refractivity contribution in [3.8, 4) is 0 Å². The third kappa shape index (κ3) is 1.73. The quantitative estimate of drug-likeness (QED) is 0.721. The Morgan fingerprint density at radius 3 is 2.58 bits per heavy atom. The molecule has 2 aromatic heterocycles. The average molecular weight is 255 g/mol. The second-order valence-corrected chi connectivity index (χ2v) is 4.53. The standard InChI is InChI=1S/C14H17N5/c1-4-19(5-2)14-15-13-12(16-17-14)10-8-6-7-9-11(10)18(13)3/h6-9H,4-5H2,1-3H3. The van der Waals surface area contributed by atoms with Crippen LogP contribution in [0, 0.1) is 0 Å². The summed E-state index contributed by atoms with van der Waals surface area (Å²) in [6, 6.07) is 8.18. The largest absolute Gasteiger partial charge is 0.340 e. The molecular formula is C14H17N5. The van der Waals surface area contributed by atoms with Crippen LogP contribution in [0.15, 0.2) is 24.3 Å². The number of hydrogen-bond acceptors (Lipinski definition) is 4. The molecule has 3 aromatic rings. The van der Waals surface area contributed by atoms with Crippen LogP contribution in [0.5, 0.6) is 0 Å². The first kappa shape index (κ1) is 11.9. The van der Waals surface area contributed by atoms with E-state index in [0.29, 0.717) is 5.95 Å². The van der Waals surface area contributed by atoms with Crippen molar-refractivity contribution in [3.05, 3.63) is 24.3 Å². The molecule has 5 nitrogen and oxygen atoms in total. The first-order valence-electron chi connectivity index (χ1n) is 6.59. The maximum Gasteiger partial charge on any atom is 0.247 e. The van der Waals surface area contributed by atoms with E-state index in [1.54, 1.807) is 0 Å². The van der Waals surface area contributed by atoms with Gasteiger partial charge in [-0.25, -0.2) is 0 Å². The Bertz CT molecular complexity index is 727. The van der Waals surface area contributed by atoms with E-state index in [2.05, 4.69) is 50.6 Å². The summed E-state index contributed by atoms with van der Waals surface area (Å²) in [6.45, 7) is 5.96. The minimum atomic E-state index is 0.698. The van der Waals surface area contributed by atoms with Crippen LogP contribution in [0.25, 0.3) is 22.1 Å². The average Bonchev–Trinajstić information content (AvgIpc) is 2.74. The van der Waals surface area contributed by atoms with Gasteiger partial charge in [-0.2, -0.15) is 4.98 Å². The molecule has 0 amide bonds. The maximum absolute atomic E-state index is 4.67. The SMILES string of the molecule is CCN(CC)c1nnc2c3ccccc3n(C)c2n1. The van der Waals surface area contributed by atoms with E-state index in [1.165, 1.54) is 0 Å². The number of benzene rings is 1. The molecule has 0 spiro atoms. The first-order valence-corrected chi connectivity index (χ1v) is 6.59. The van der Waals surface area contributed by atoms with E-state index in [0.717, 1.165) is 35.2 Å². The summed E-state index contributed by atoms with van der Waals surface area (Å²) in [7, 11) is 2.02. The molecule has 0 unspecified atom stereocenters. The molecule has 5 heteroatoms. The highest BCUT2D eigenvalue weighted by molar-refractivity contribution is 6.04. The van der Waals surface area contributed by atoms with Gasteiger partial charge in [-0.1, -0.05) is 18.2 Å². The normalized spacial score (nSPS) is 11.3. The summed E-state index contributed by atoms with van der Waals surface area (Å²) < 4.78 is 2.08. The van der Waals surface area contributed by atoms with Gasteiger partial charge < -0.3 is 9.47 Å². The number of para-hydroxylation sites is 1. The Hall–Kier alpha value is -2.17. The third-order valence-electron chi connectivity index (χ3n) is 3.54. The topological polar surface area (TPSA) is 46.8 Å². The zero-order valence-corrected chi connectivity index (χ0v) is 11.5. The van der Waals surface area contributed by atoms with E-state index in [9.17, 15) is 0 Å². The maximum atomic E-state index is 4.67. The van der Waals surface area contributed by atoms with Gasteiger partial charge in [0.25, 0.3) is 0 Å². The molecule has 2 heterocycles. The fraction of sp³-hybridized carbons (Fsp3) is 0.357. The van der Waals surface area contributed by atoms with Gasteiger partial charge in [0.2, 0.25) is 5.95 Å². The van der Waals surface area contributed by atoms with Crippen LogP contribution < -0.4 is 4.90 Å². The van der Waals surface area contributed by atoms with E-state index >= 15 is 0 Å². The summed E-state index contributed by atoms with van der Waals surface area (Å²) in [6.07, 6.45) is 0. The molecule has 0 aliphatic carbocycles. The lowest BCUT2D eigenvalue weighted by atomic mass is 10.2. The first-order chi connectivity index (χ1) is 9.26. The van der Waals surface area contributed by atoms with Gasteiger partial charge >= 0.3 is 0 Å². The second kappa shape index (κ2) is 4.50. The predicted octanol–water partition coefficient (Wildman–Crippen LogP) is 2.36. The Balaban J connectivity index is 2.29. The van der Waals surface area contributed by atoms with E-state index in [4.69, 9.17) is 0 Å². The van der Waals surface area contributed by atoms with Gasteiger partial charge in [-0.3, -0.25) is 0 Å². The summed E-state index contributed by atoms with van der Waals surface area (Å²) in [5.41, 5.74) is 2.89. The minimum Gasteiger partial charge on any atom is -0.340 e. The number of nitrogens with zero attached hydrogens (tertiary/aromatic N) is 5. The van der Waals surface area contributed by atoms with Crippen LogP contribution in [0.1, 0.15) is 13.8 Å². The predicted molar refractivity (Wildman–Crippen MR) is 77.4 cm³/mol. The smallest absolute Gasteiger partial charge is 0.247 e. The summed E-state index contributed by atoms with van der Waals surface area (Å²) in [4.78, 5) is 6.77. The molecule has 0 fully saturated rings. The fourth-order valence-electron chi connectivity index (χ4n) is 2.44. The number of aryl methyl sites for hydroxylation is 1. The third-order valence-corrected chi connectivity index (χ3v) is 3.54. The molecule has 19 heavy (non-hydrogen) atoms. The molecule has 0 aliphatic rings. The van der Waals surface area contributed by atoms with Crippen molar-refractivity contribution in [3.63, 3.8) is 0 Å². The van der Waals surface area contributed by atoms with Crippen molar-refractivity contribution in [1.29, 1.82) is 0 Å². The van der Waals surface area contributed by atoms with Crippen LogP contribution >= 0.6 is 0 Å². The number of anilines is 1. The Kier molecular flexibility index (Phi) is 2.81. The lowest BCUT2D eigenvalue weighted by Crippen LogP contribution is -2.24. The van der Waals surface area contributed by atoms with Gasteiger partial charge in [0.15, 0.2) is 5.65 Å². The molecule has 0 N–H and O–H groups in total. The van der Waals surface area contributed by atoms with Crippen molar-refractivity contribution in [2.24, 2.45) is 7.05 Å². The molecule has 0 saturated carbocycles. The number of fused-ring (bicyclic) bond motifs is 3. The van der Waals surface area contributed by atoms with E-state index in [1.807, 2.05) is 19.2 Å². The summed E-state index contributed by atoms with van der Waals surface area (Å²) in [5.74, 6) is 0.698. The highest BCUT2D eigenvalue weighted by Crippen LogP contribution is 2.25. The van der Waals surface area contributed by atoms with Crippen molar-refractivity contribution in [2.75, 3.05) is 18.0 Å². The van der Waals surface area contributed by atoms with Crippen molar-refractivity contribution < 1.29 is 0 Å². The van der Waals surface area contributed by atoms with Crippen LogP contribution in [-0.2, 0) is 7.05 Å². The Morgan fingerprint density at radius 2 is 1.84 bits per heavy atom. The number of hydrogen-bond donors (Lipinski definition) is 0. The summed E-state index contributed by atoms with van der Waals surface area (Å²) >= 11 is 0. The molecule has 98 valence electrons. The van der Waals surface area contributed by atoms with Crippen LogP contribution in [-0.4, -0.2) is 32.8 Å². The molecule has 0 atom stereocenters. The van der Waals surface area contributed by atoms with Gasteiger partial charge in [0.1, 0.15) is 5.52 Å². The number of aromatic nitrogens is 4. The number of rotatable bonds is 3. The zero-order valence-electron chi connectivity index (χ0n) is 11.5. The zero-order chi connectivity index (χ0) is 13.4. The van der Waals surface area contributed by atoms with Crippen molar-refractivity contribution in [2.45, 2.75) is 13.8 Å². The highest BCUT2D eigenvalue weighted by Gasteiger charge is 2.13. The van der Waals surface area contributed by atoms with Crippen LogP contribution in [0.3, 0.4) is 0 Å². The summed E-state index contributed by atoms with van der Waals surface area (Å²) in [5, 5.41) is 9.74. The molecule has 0 bridgehead atoms. The highest BCUT2D eigenvalue weighted by atomic mass is 15.3. The van der Waals surface area contributed by atoms with Crippen LogP contribution in [0.2, 0.25) is 0 Å². The Labute approximate surface area is 111 Å². The lowest BCUT2D eigenvalue weighted by Gasteiger charge is -2.17. The van der Waals surface area contributed by atoms with Gasteiger partial charge in [0, 0.05) is 25.5 Å². The van der Waals surface area contributed by atoms with E-state index in [-0.39, 0.29) is 0 Å². The molecule has 0 aliphatic heterocycles. The second-order valence-electron chi connectivity index (χ2n) is 4.53.